The predicted octanol–water partition coefficient (Wildman–Crippen LogP) is 3.54. The fraction of sp³-hybridized carbons (Fsp3) is 0.417. The molecule has 5 heteroatoms. The molecule has 0 radical (unpaired) electrons. The third-order valence-corrected chi connectivity index (χ3v) is 4.38. The van der Waals surface area contributed by atoms with Crippen molar-refractivity contribution < 1.29 is 4.74 Å². The minimum Gasteiger partial charge on any atom is -0.381 e. The van der Waals surface area contributed by atoms with Gasteiger partial charge in [0.15, 0.2) is 5.13 Å². The van der Waals surface area contributed by atoms with Crippen LogP contribution in [0.5, 0.6) is 0 Å². The number of hydrogen-bond donors (Lipinski definition) is 1. The number of nitrogens with one attached hydrogen (secondary N) is 1. The van der Waals surface area contributed by atoms with E-state index < -0.39 is 0 Å². The van der Waals surface area contributed by atoms with Gasteiger partial charge in [-0.2, -0.15) is 0 Å². The van der Waals surface area contributed by atoms with Crippen LogP contribution in [0.1, 0.15) is 12.8 Å². The van der Waals surface area contributed by atoms with Crippen molar-refractivity contribution in [3.8, 4) is 0 Å². The maximum Gasteiger partial charge on any atom is 0.184 e. The minimum absolute atomic E-state index is 0.475. The molecule has 2 aromatic rings. The Hall–Kier alpha value is -0.840. The van der Waals surface area contributed by atoms with E-state index in [0.717, 1.165) is 46.4 Å². The third-order valence-electron chi connectivity index (χ3n) is 2.92. The van der Waals surface area contributed by atoms with E-state index in [-0.39, 0.29) is 0 Å². The van der Waals surface area contributed by atoms with Gasteiger partial charge in [-0.05, 0) is 25.0 Å². The van der Waals surface area contributed by atoms with E-state index >= 15 is 0 Å². The quantitative estimate of drug-likeness (QED) is 0.905. The summed E-state index contributed by atoms with van der Waals surface area (Å²) >= 11 is 7.76. The SMILES string of the molecule is Clc1cccc2nc(NC3CCOCC3)sc12. The van der Waals surface area contributed by atoms with E-state index in [9.17, 15) is 0 Å². The van der Waals surface area contributed by atoms with Crippen LogP contribution in [-0.2, 0) is 4.74 Å². The van der Waals surface area contributed by atoms with Gasteiger partial charge in [-0.1, -0.05) is 29.0 Å². The average Bonchev–Trinajstić information content (AvgIpc) is 2.74. The molecule has 1 aromatic heterocycles. The highest BCUT2D eigenvalue weighted by molar-refractivity contribution is 7.22. The van der Waals surface area contributed by atoms with Gasteiger partial charge in [0.05, 0.1) is 15.2 Å². The number of aromatic nitrogens is 1. The van der Waals surface area contributed by atoms with Crippen molar-refractivity contribution in [2.45, 2.75) is 18.9 Å². The molecule has 0 atom stereocenters. The van der Waals surface area contributed by atoms with E-state index in [0.29, 0.717) is 6.04 Å². The molecule has 1 saturated heterocycles. The molecule has 2 heterocycles. The molecule has 0 aliphatic carbocycles. The number of ether oxygens (including phenoxy) is 1. The number of thiazole rings is 1. The van der Waals surface area contributed by atoms with Crippen LogP contribution in [-0.4, -0.2) is 24.2 Å². The maximum atomic E-state index is 6.14. The average molecular weight is 269 g/mol. The summed E-state index contributed by atoms with van der Waals surface area (Å²) in [5.41, 5.74) is 0.969. The fourth-order valence-electron chi connectivity index (χ4n) is 1.99. The van der Waals surface area contributed by atoms with Crippen molar-refractivity contribution in [3.05, 3.63) is 23.2 Å². The second-order valence-corrected chi connectivity index (χ2v) is 5.54. The molecule has 3 nitrogen and oxygen atoms in total. The fourth-order valence-corrected chi connectivity index (χ4v) is 3.23. The van der Waals surface area contributed by atoms with Crippen LogP contribution in [0.3, 0.4) is 0 Å². The van der Waals surface area contributed by atoms with Crippen molar-refractivity contribution >= 4 is 38.3 Å². The second kappa shape index (κ2) is 4.80. The monoisotopic (exact) mass is 268 g/mol. The zero-order valence-electron chi connectivity index (χ0n) is 9.28. The summed E-state index contributed by atoms with van der Waals surface area (Å²) in [4.78, 5) is 4.55. The molecule has 0 unspecified atom stereocenters. The molecule has 0 saturated carbocycles. The molecule has 1 aliphatic rings. The highest BCUT2D eigenvalue weighted by atomic mass is 35.5. The summed E-state index contributed by atoms with van der Waals surface area (Å²) in [7, 11) is 0. The minimum atomic E-state index is 0.475. The number of benzene rings is 1. The lowest BCUT2D eigenvalue weighted by atomic mass is 10.1. The second-order valence-electron chi connectivity index (χ2n) is 4.14. The van der Waals surface area contributed by atoms with Crippen molar-refractivity contribution in [1.82, 2.24) is 4.98 Å². The highest BCUT2D eigenvalue weighted by Crippen LogP contribution is 2.32. The number of nitrogens with zero attached hydrogens (tertiary/aromatic N) is 1. The smallest absolute Gasteiger partial charge is 0.184 e. The van der Waals surface area contributed by atoms with E-state index in [4.69, 9.17) is 16.3 Å². The summed E-state index contributed by atoms with van der Waals surface area (Å²) in [6.07, 6.45) is 2.09. The van der Waals surface area contributed by atoms with Crippen LogP contribution in [0, 0.1) is 0 Å². The summed E-state index contributed by atoms with van der Waals surface area (Å²) in [5.74, 6) is 0. The van der Waals surface area contributed by atoms with Crippen molar-refractivity contribution in [1.29, 1.82) is 0 Å². The summed E-state index contributed by atoms with van der Waals surface area (Å²) < 4.78 is 6.40. The summed E-state index contributed by atoms with van der Waals surface area (Å²) in [5, 5.41) is 5.20. The largest absolute Gasteiger partial charge is 0.381 e. The molecule has 90 valence electrons. The summed E-state index contributed by atoms with van der Waals surface area (Å²) in [6.45, 7) is 1.67. The number of hydrogen-bond acceptors (Lipinski definition) is 4. The Morgan fingerprint density at radius 1 is 1.35 bits per heavy atom. The van der Waals surface area contributed by atoms with Crippen LogP contribution in [0.25, 0.3) is 10.2 Å². The van der Waals surface area contributed by atoms with Gasteiger partial charge in [-0.25, -0.2) is 4.98 Å². The number of halogens is 1. The maximum absolute atomic E-state index is 6.14. The van der Waals surface area contributed by atoms with Crippen LogP contribution < -0.4 is 5.32 Å². The third kappa shape index (κ3) is 2.39. The van der Waals surface area contributed by atoms with Crippen LogP contribution >= 0.6 is 22.9 Å². The first-order chi connectivity index (χ1) is 8.33. The molecule has 0 spiro atoms. The summed E-state index contributed by atoms with van der Waals surface area (Å²) in [6, 6.07) is 6.30. The van der Waals surface area contributed by atoms with E-state index in [1.54, 1.807) is 11.3 Å². The molecule has 1 N–H and O–H groups in total. The van der Waals surface area contributed by atoms with Crippen molar-refractivity contribution in [3.63, 3.8) is 0 Å². The number of fused-ring (bicyclic) bond motifs is 1. The van der Waals surface area contributed by atoms with Crippen LogP contribution in [0.15, 0.2) is 18.2 Å². The molecule has 17 heavy (non-hydrogen) atoms. The molecule has 1 aromatic carbocycles. The molecule has 0 amide bonds. The molecule has 1 aliphatic heterocycles. The Kier molecular flexibility index (Phi) is 3.18. The normalized spacial score (nSPS) is 17.5. The van der Waals surface area contributed by atoms with Crippen molar-refractivity contribution in [2.75, 3.05) is 18.5 Å². The first kappa shape index (κ1) is 11.3. The predicted molar refractivity (Wildman–Crippen MR) is 72.1 cm³/mol. The Morgan fingerprint density at radius 2 is 2.18 bits per heavy atom. The Bertz CT molecular complexity index is 522. The van der Waals surface area contributed by atoms with Crippen LogP contribution in [0.2, 0.25) is 5.02 Å². The highest BCUT2D eigenvalue weighted by Gasteiger charge is 2.15. The number of anilines is 1. The van der Waals surface area contributed by atoms with Gasteiger partial charge in [-0.3, -0.25) is 0 Å². The molecule has 3 rings (SSSR count). The van der Waals surface area contributed by atoms with Gasteiger partial charge in [0.1, 0.15) is 0 Å². The zero-order valence-corrected chi connectivity index (χ0v) is 10.9. The van der Waals surface area contributed by atoms with Gasteiger partial charge < -0.3 is 10.1 Å². The van der Waals surface area contributed by atoms with E-state index in [2.05, 4.69) is 10.3 Å². The van der Waals surface area contributed by atoms with Gasteiger partial charge in [0.25, 0.3) is 0 Å². The first-order valence-corrected chi connectivity index (χ1v) is 6.92. The Morgan fingerprint density at radius 3 is 2.94 bits per heavy atom. The zero-order chi connectivity index (χ0) is 11.7. The van der Waals surface area contributed by atoms with Crippen molar-refractivity contribution in [2.24, 2.45) is 0 Å². The lowest BCUT2D eigenvalue weighted by Crippen LogP contribution is -2.27. The topological polar surface area (TPSA) is 34.2 Å². The van der Waals surface area contributed by atoms with E-state index in [1.807, 2.05) is 18.2 Å². The molecule has 1 fully saturated rings. The molecular weight excluding hydrogens is 256 g/mol. The lowest BCUT2D eigenvalue weighted by molar-refractivity contribution is 0.0904. The van der Waals surface area contributed by atoms with Gasteiger partial charge in [-0.15, -0.1) is 0 Å². The Balaban J connectivity index is 1.83. The Labute approximate surface area is 109 Å². The first-order valence-electron chi connectivity index (χ1n) is 5.72. The number of rotatable bonds is 2. The lowest BCUT2D eigenvalue weighted by Gasteiger charge is -2.22. The van der Waals surface area contributed by atoms with Gasteiger partial charge in [0.2, 0.25) is 0 Å². The van der Waals surface area contributed by atoms with E-state index in [1.165, 1.54) is 0 Å². The van der Waals surface area contributed by atoms with Gasteiger partial charge in [0, 0.05) is 19.3 Å². The van der Waals surface area contributed by atoms with Gasteiger partial charge >= 0.3 is 0 Å². The molecule has 0 bridgehead atoms. The van der Waals surface area contributed by atoms with Crippen LogP contribution in [0.4, 0.5) is 5.13 Å². The molecular formula is C12H13ClN2OS. The standard InChI is InChI=1S/C12H13ClN2OS/c13-9-2-1-3-10-11(9)17-12(15-10)14-8-4-6-16-7-5-8/h1-3,8H,4-7H2,(H,14,15).